The molecule has 1 aliphatic rings. The van der Waals surface area contributed by atoms with E-state index in [1.807, 2.05) is 49.6 Å². The monoisotopic (exact) mass is 346 g/mol. The number of aromatic nitrogens is 1. The van der Waals surface area contributed by atoms with Crippen LogP contribution >= 0.6 is 0 Å². The first-order valence-corrected chi connectivity index (χ1v) is 9.05. The van der Waals surface area contributed by atoms with Crippen molar-refractivity contribution in [2.45, 2.75) is 65.1 Å². The van der Waals surface area contributed by atoms with Gasteiger partial charge in [0.15, 0.2) is 0 Å². The molecule has 0 radical (unpaired) electrons. The number of pyridine rings is 1. The summed E-state index contributed by atoms with van der Waals surface area (Å²) >= 11 is 0. The molecule has 0 spiro atoms. The molecular formula is C19H30N4O2. The highest BCUT2D eigenvalue weighted by Gasteiger charge is 2.37. The number of hydrogen-bond acceptors (Lipinski definition) is 3. The summed E-state index contributed by atoms with van der Waals surface area (Å²) in [5, 5.41) is 3.06. The minimum atomic E-state index is -0.218. The Kier molecular flexibility index (Phi) is 6.03. The van der Waals surface area contributed by atoms with E-state index in [0.717, 1.165) is 12.0 Å². The molecule has 6 nitrogen and oxygen atoms in total. The fourth-order valence-corrected chi connectivity index (χ4v) is 3.44. The summed E-state index contributed by atoms with van der Waals surface area (Å²) in [7, 11) is 0. The van der Waals surface area contributed by atoms with Crippen LogP contribution in [0.3, 0.4) is 0 Å². The smallest absolute Gasteiger partial charge is 0.318 e. The van der Waals surface area contributed by atoms with E-state index >= 15 is 0 Å². The van der Waals surface area contributed by atoms with E-state index in [-0.39, 0.29) is 29.6 Å². The van der Waals surface area contributed by atoms with Crippen LogP contribution in [0.25, 0.3) is 0 Å². The topological polar surface area (TPSA) is 65.5 Å². The highest BCUT2D eigenvalue weighted by molar-refractivity contribution is 5.82. The molecule has 0 saturated carbocycles. The molecule has 1 saturated heterocycles. The molecule has 0 aromatic carbocycles. The van der Waals surface area contributed by atoms with Crippen molar-refractivity contribution in [1.82, 2.24) is 20.1 Å². The lowest BCUT2D eigenvalue weighted by Gasteiger charge is -2.33. The molecule has 1 aromatic rings. The number of likely N-dealkylation sites (tertiary alicyclic amines) is 1. The molecule has 2 atom stereocenters. The molecule has 6 heteroatoms. The van der Waals surface area contributed by atoms with Crippen LogP contribution in [-0.2, 0) is 4.79 Å². The van der Waals surface area contributed by atoms with Gasteiger partial charge in [-0.05, 0) is 51.8 Å². The molecule has 25 heavy (non-hydrogen) atoms. The van der Waals surface area contributed by atoms with Crippen LogP contribution in [0.5, 0.6) is 0 Å². The fraction of sp³-hybridized carbons (Fsp3) is 0.632. The lowest BCUT2D eigenvalue weighted by atomic mass is 10.0. The van der Waals surface area contributed by atoms with E-state index in [9.17, 15) is 9.59 Å². The van der Waals surface area contributed by atoms with E-state index in [4.69, 9.17) is 0 Å². The van der Waals surface area contributed by atoms with Gasteiger partial charge in [-0.3, -0.25) is 9.78 Å². The molecule has 1 aliphatic heterocycles. The lowest BCUT2D eigenvalue weighted by Crippen LogP contribution is -2.48. The lowest BCUT2D eigenvalue weighted by molar-refractivity contribution is -0.131. The second kappa shape index (κ2) is 7.85. The maximum absolute atomic E-state index is 12.8. The van der Waals surface area contributed by atoms with Crippen LogP contribution in [0.15, 0.2) is 24.5 Å². The molecule has 1 aromatic heterocycles. The van der Waals surface area contributed by atoms with Crippen molar-refractivity contribution in [1.29, 1.82) is 0 Å². The van der Waals surface area contributed by atoms with Crippen molar-refractivity contribution < 1.29 is 9.59 Å². The normalized spacial score (nSPS) is 19.0. The van der Waals surface area contributed by atoms with Gasteiger partial charge in [0.2, 0.25) is 5.91 Å². The summed E-state index contributed by atoms with van der Waals surface area (Å²) in [4.78, 5) is 32.8. The third-order valence-electron chi connectivity index (χ3n) is 4.72. The summed E-state index contributed by atoms with van der Waals surface area (Å²) < 4.78 is 0. The van der Waals surface area contributed by atoms with Gasteiger partial charge in [0.1, 0.15) is 0 Å². The van der Waals surface area contributed by atoms with E-state index < -0.39 is 0 Å². The molecule has 0 bridgehead atoms. The average Bonchev–Trinajstić information content (AvgIpc) is 2.93. The number of urea groups is 1. The second-order valence-electron chi connectivity index (χ2n) is 7.52. The molecule has 0 unspecified atom stereocenters. The van der Waals surface area contributed by atoms with Crippen molar-refractivity contribution in [2.75, 3.05) is 13.1 Å². The summed E-state index contributed by atoms with van der Waals surface area (Å²) in [6.07, 6.45) is 4.69. The van der Waals surface area contributed by atoms with Crippen LogP contribution in [0, 0.1) is 0 Å². The van der Waals surface area contributed by atoms with Crippen LogP contribution in [0.2, 0.25) is 0 Å². The molecule has 1 N–H and O–H groups in total. The molecule has 138 valence electrons. The Labute approximate surface area is 150 Å². The quantitative estimate of drug-likeness (QED) is 0.891. The fourth-order valence-electron chi connectivity index (χ4n) is 3.44. The van der Waals surface area contributed by atoms with E-state index in [1.165, 1.54) is 0 Å². The molecule has 0 aliphatic carbocycles. The highest BCUT2D eigenvalue weighted by Crippen LogP contribution is 2.25. The minimum absolute atomic E-state index is 0.00354. The van der Waals surface area contributed by atoms with Gasteiger partial charge in [-0.1, -0.05) is 6.92 Å². The van der Waals surface area contributed by atoms with Crippen LogP contribution in [-0.4, -0.2) is 51.4 Å². The van der Waals surface area contributed by atoms with Gasteiger partial charge in [0, 0.05) is 37.4 Å². The number of nitrogens with one attached hydrogen (secondary N) is 1. The molecule has 1 fully saturated rings. The Morgan fingerprint density at radius 2 is 2.00 bits per heavy atom. The predicted molar refractivity (Wildman–Crippen MR) is 98.1 cm³/mol. The van der Waals surface area contributed by atoms with E-state index in [1.54, 1.807) is 12.4 Å². The SMILES string of the molecule is CC[C@H](c1ccncc1)N(CC)C(=O)N[C@H]1CC(=O)N(C(C)(C)C)C1. The van der Waals surface area contributed by atoms with Gasteiger partial charge in [-0.25, -0.2) is 4.79 Å². The first-order valence-electron chi connectivity index (χ1n) is 9.05. The van der Waals surface area contributed by atoms with Gasteiger partial charge in [-0.2, -0.15) is 0 Å². The molecule has 3 amide bonds. The number of carbonyl (C=O) groups is 2. The molecular weight excluding hydrogens is 316 g/mol. The first-order chi connectivity index (χ1) is 11.8. The maximum atomic E-state index is 12.8. The Morgan fingerprint density at radius 1 is 1.36 bits per heavy atom. The average molecular weight is 346 g/mol. The second-order valence-corrected chi connectivity index (χ2v) is 7.52. The summed E-state index contributed by atoms with van der Waals surface area (Å²) in [6.45, 7) is 11.3. The zero-order valence-corrected chi connectivity index (χ0v) is 16.0. The van der Waals surface area contributed by atoms with E-state index in [0.29, 0.717) is 19.5 Å². The van der Waals surface area contributed by atoms with Crippen LogP contribution in [0.1, 0.15) is 59.1 Å². The first kappa shape index (κ1) is 19.2. The highest BCUT2D eigenvalue weighted by atomic mass is 16.2. The van der Waals surface area contributed by atoms with Gasteiger partial charge in [0.25, 0.3) is 0 Å². The van der Waals surface area contributed by atoms with Crippen molar-refractivity contribution >= 4 is 11.9 Å². The zero-order valence-electron chi connectivity index (χ0n) is 16.0. The van der Waals surface area contributed by atoms with Crippen molar-refractivity contribution in [3.05, 3.63) is 30.1 Å². The minimum Gasteiger partial charge on any atom is -0.336 e. The standard InChI is InChI=1S/C19H30N4O2/c1-6-16(14-8-10-20-11-9-14)22(7-2)18(25)21-15-12-17(24)23(13-15)19(3,4)5/h8-11,15-16H,6-7,12-13H2,1-5H3,(H,21,25)/t15-,16+/m0/s1. The largest absolute Gasteiger partial charge is 0.336 e. The van der Waals surface area contributed by atoms with Crippen LogP contribution < -0.4 is 5.32 Å². The van der Waals surface area contributed by atoms with Gasteiger partial charge in [-0.15, -0.1) is 0 Å². The number of carbonyl (C=O) groups excluding carboxylic acids is 2. The number of rotatable bonds is 5. The number of nitrogens with zero attached hydrogens (tertiary/aromatic N) is 3. The van der Waals surface area contributed by atoms with Crippen LogP contribution in [0.4, 0.5) is 4.79 Å². The summed E-state index contributed by atoms with van der Waals surface area (Å²) in [6, 6.07) is 3.65. The summed E-state index contributed by atoms with van der Waals surface area (Å²) in [5.74, 6) is 0.0991. The summed E-state index contributed by atoms with van der Waals surface area (Å²) in [5.41, 5.74) is 0.859. The van der Waals surface area contributed by atoms with Gasteiger partial charge in [0.05, 0.1) is 12.1 Å². The zero-order chi connectivity index (χ0) is 18.6. The van der Waals surface area contributed by atoms with Crippen molar-refractivity contribution in [3.8, 4) is 0 Å². The Bertz CT molecular complexity index is 597. The van der Waals surface area contributed by atoms with Crippen molar-refractivity contribution in [3.63, 3.8) is 0 Å². The van der Waals surface area contributed by atoms with E-state index in [2.05, 4.69) is 17.2 Å². The number of amides is 3. The van der Waals surface area contributed by atoms with Gasteiger partial charge < -0.3 is 15.1 Å². The molecule has 2 heterocycles. The maximum Gasteiger partial charge on any atom is 0.318 e. The molecule has 2 rings (SSSR count). The third-order valence-corrected chi connectivity index (χ3v) is 4.72. The third kappa shape index (κ3) is 4.50. The Morgan fingerprint density at radius 3 is 2.48 bits per heavy atom. The van der Waals surface area contributed by atoms with Crippen molar-refractivity contribution in [2.24, 2.45) is 0 Å². The van der Waals surface area contributed by atoms with Gasteiger partial charge >= 0.3 is 6.03 Å². The number of hydrogen-bond donors (Lipinski definition) is 1. The Hall–Kier alpha value is -2.11. The predicted octanol–water partition coefficient (Wildman–Crippen LogP) is 2.96. The Balaban J connectivity index is 2.07.